The molecule has 3 aliphatic rings. The zero-order valence-corrected chi connectivity index (χ0v) is 15.5. The van der Waals surface area contributed by atoms with E-state index in [9.17, 15) is 32.4 Å². The average molecular weight is 438 g/mol. The van der Waals surface area contributed by atoms with Gasteiger partial charge in [0.2, 0.25) is 0 Å². The summed E-state index contributed by atoms with van der Waals surface area (Å²) in [5.41, 5.74) is 0. The molecule has 0 bridgehead atoms. The predicted octanol–water partition coefficient (Wildman–Crippen LogP) is -1.46. The zero-order valence-electron chi connectivity index (χ0n) is 14.6. The molecule has 0 aromatic carbocycles. The molecule has 11 nitrogen and oxygen atoms in total. The standard InChI is InChI=1S/C16H18N2O9S.Na.H/c19-12-5-6-13(20)17(12)8-9-1-3-10(4-2-9)16(23)27-18-14(21)7-11(15(18)22)28(24,25)26;;/h5-6,9-11H,1-4,7-8H2,(H,24,25,26);;. The van der Waals surface area contributed by atoms with E-state index in [0.29, 0.717) is 25.7 Å². The summed E-state index contributed by atoms with van der Waals surface area (Å²) >= 11 is 0. The monoisotopic (exact) mass is 438 g/mol. The van der Waals surface area contributed by atoms with Gasteiger partial charge in [-0.25, -0.2) is 4.79 Å². The molecule has 0 aromatic heterocycles. The predicted molar refractivity (Wildman–Crippen MR) is 96.4 cm³/mol. The van der Waals surface area contributed by atoms with Crippen LogP contribution in [0.1, 0.15) is 32.1 Å². The average Bonchev–Trinajstić information content (AvgIpc) is 3.09. The number of imide groups is 2. The zero-order chi connectivity index (χ0) is 20.6. The second kappa shape index (κ2) is 9.04. The Balaban J connectivity index is 0.00000300. The molecule has 1 atom stereocenters. The van der Waals surface area contributed by atoms with Crippen LogP contribution >= 0.6 is 0 Å². The summed E-state index contributed by atoms with van der Waals surface area (Å²) in [7, 11) is -4.77. The van der Waals surface area contributed by atoms with Gasteiger partial charge in [0.25, 0.3) is 33.7 Å². The van der Waals surface area contributed by atoms with Gasteiger partial charge in [-0.05, 0) is 31.6 Å². The minimum absolute atomic E-state index is 0. The topological polar surface area (TPSA) is 155 Å². The van der Waals surface area contributed by atoms with Crippen molar-refractivity contribution in [1.82, 2.24) is 9.96 Å². The van der Waals surface area contributed by atoms with Gasteiger partial charge in [0.1, 0.15) is 0 Å². The van der Waals surface area contributed by atoms with Crippen molar-refractivity contribution in [3.05, 3.63) is 12.2 Å². The molecule has 13 heteroatoms. The number of carbonyl (C=O) groups excluding carboxylic acids is 5. The molecular formula is C16H19N2NaO9S. The SMILES string of the molecule is O=C(ON1C(=O)CC(S(=O)(=O)O)C1=O)C1CCC(CN2C(=O)C=CC2=O)CC1.[NaH]. The number of hydrogen-bond acceptors (Lipinski definition) is 8. The Bertz CT molecular complexity index is 859. The van der Waals surface area contributed by atoms with Crippen molar-refractivity contribution < 1.29 is 41.8 Å². The molecule has 1 N–H and O–H groups in total. The summed E-state index contributed by atoms with van der Waals surface area (Å²) < 4.78 is 31.2. The van der Waals surface area contributed by atoms with Crippen molar-refractivity contribution in [2.75, 3.05) is 6.54 Å². The first-order valence-electron chi connectivity index (χ1n) is 8.66. The Labute approximate surface area is 188 Å². The number of nitrogens with zero attached hydrogens (tertiary/aromatic N) is 2. The first-order chi connectivity index (χ1) is 13.1. The van der Waals surface area contributed by atoms with Crippen molar-refractivity contribution in [2.24, 2.45) is 11.8 Å². The van der Waals surface area contributed by atoms with E-state index in [1.807, 2.05) is 0 Å². The van der Waals surface area contributed by atoms with Crippen LogP contribution in [0.4, 0.5) is 0 Å². The van der Waals surface area contributed by atoms with Gasteiger partial charge in [-0.1, -0.05) is 0 Å². The molecule has 154 valence electrons. The number of rotatable bonds is 5. The van der Waals surface area contributed by atoms with E-state index < -0.39 is 45.5 Å². The van der Waals surface area contributed by atoms with Crippen LogP contribution in [0.5, 0.6) is 0 Å². The molecule has 4 amide bonds. The van der Waals surface area contributed by atoms with Crippen molar-refractivity contribution in [3.8, 4) is 0 Å². The number of hydrogen-bond donors (Lipinski definition) is 1. The van der Waals surface area contributed by atoms with Gasteiger partial charge in [-0.15, -0.1) is 5.06 Å². The summed E-state index contributed by atoms with van der Waals surface area (Å²) in [4.78, 5) is 65.0. The molecule has 2 heterocycles. The Morgan fingerprint density at radius 3 is 2.10 bits per heavy atom. The molecule has 0 radical (unpaired) electrons. The molecule has 1 saturated carbocycles. The summed E-state index contributed by atoms with van der Waals surface area (Å²) in [6.45, 7) is 0.256. The third-order valence-corrected chi connectivity index (χ3v) is 6.21. The maximum atomic E-state index is 12.2. The van der Waals surface area contributed by atoms with Crippen LogP contribution in [0.25, 0.3) is 0 Å². The Hall–Kier alpha value is -1.60. The molecule has 3 rings (SSSR count). The van der Waals surface area contributed by atoms with Crippen LogP contribution in [0.3, 0.4) is 0 Å². The van der Waals surface area contributed by atoms with E-state index >= 15 is 0 Å². The summed E-state index contributed by atoms with van der Waals surface area (Å²) in [5, 5.41) is -1.87. The molecular weight excluding hydrogens is 419 g/mol. The molecule has 29 heavy (non-hydrogen) atoms. The van der Waals surface area contributed by atoms with E-state index in [0.717, 1.165) is 4.90 Å². The van der Waals surface area contributed by atoms with Gasteiger partial charge in [-0.2, -0.15) is 8.42 Å². The van der Waals surface area contributed by atoms with Gasteiger partial charge >= 0.3 is 35.5 Å². The van der Waals surface area contributed by atoms with Crippen molar-refractivity contribution >= 4 is 69.3 Å². The van der Waals surface area contributed by atoms with Crippen LogP contribution < -0.4 is 0 Å². The molecule has 2 aliphatic heterocycles. The first-order valence-corrected chi connectivity index (χ1v) is 10.2. The number of amides is 4. The molecule has 1 aliphatic carbocycles. The number of hydroxylamine groups is 2. The van der Waals surface area contributed by atoms with E-state index in [4.69, 9.17) is 9.39 Å². The van der Waals surface area contributed by atoms with Crippen molar-refractivity contribution in [1.29, 1.82) is 0 Å². The quantitative estimate of drug-likeness (QED) is 0.308. The second-order valence-electron chi connectivity index (χ2n) is 6.98. The van der Waals surface area contributed by atoms with Gasteiger partial charge in [0.15, 0.2) is 5.25 Å². The van der Waals surface area contributed by atoms with E-state index in [-0.39, 0.29) is 58.9 Å². The number of carbonyl (C=O) groups is 5. The third kappa shape index (κ3) is 5.12. The van der Waals surface area contributed by atoms with E-state index in [2.05, 4.69) is 0 Å². The summed E-state index contributed by atoms with van der Waals surface area (Å²) in [6.07, 6.45) is 3.42. The van der Waals surface area contributed by atoms with Crippen molar-refractivity contribution in [3.63, 3.8) is 0 Å². The Kier molecular flexibility index (Phi) is 7.38. The normalized spacial score (nSPS) is 27.4. The van der Waals surface area contributed by atoms with E-state index in [1.54, 1.807) is 0 Å². The fraction of sp³-hybridized carbons (Fsp3) is 0.562. The van der Waals surface area contributed by atoms with Crippen LogP contribution in [0, 0.1) is 11.8 Å². The van der Waals surface area contributed by atoms with Gasteiger partial charge in [-0.3, -0.25) is 28.6 Å². The van der Waals surface area contributed by atoms with Crippen molar-refractivity contribution in [2.45, 2.75) is 37.4 Å². The fourth-order valence-electron chi connectivity index (χ4n) is 3.53. The van der Waals surface area contributed by atoms with Gasteiger partial charge in [0.05, 0.1) is 12.3 Å². The van der Waals surface area contributed by atoms with Crippen LogP contribution in [-0.4, -0.2) is 93.9 Å². The third-order valence-electron chi connectivity index (χ3n) is 5.12. The second-order valence-corrected chi connectivity index (χ2v) is 8.58. The molecule has 1 unspecified atom stereocenters. The van der Waals surface area contributed by atoms with Crippen LogP contribution in [-0.2, 0) is 38.9 Å². The Morgan fingerprint density at radius 2 is 1.62 bits per heavy atom. The minimum atomic E-state index is -4.77. The van der Waals surface area contributed by atoms with Crippen LogP contribution in [0.2, 0.25) is 0 Å². The molecule has 0 aromatic rings. The van der Waals surface area contributed by atoms with Gasteiger partial charge in [0, 0.05) is 18.7 Å². The van der Waals surface area contributed by atoms with Gasteiger partial charge < -0.3 is 4.84 Å². The fourth-order valence-corrected chi connectivity index (χ4v) is 4.23. The van der Waals surface area contributed by atoms with Crippen LogP contribution in [0.15, 0.2) is 12.2 Å². The first kappa shape index (κ1) is 23.7. The summed E-state index contributed by atoms with van der Waals surface area (Å²) in [6, 6.07) is 0. The maximum absolute atomic E-state index is 12.2. The summed E-state index contributed by atoms with van der Waals surface area (Å²) in [5.74, 6) is -4.48. The molecule has 2 fully saturated rings. The van der Waals surface area contributed by atoms with E-state index in [1.165, 1.54) is 12.2 Å². The Morgan fingerprint density at radius 1 is 1.07 bits per heavy atom. The molecule has 1 saturated heterocycles. The molecule has 0 spiro atoms.